The molecule has 0 aromatic heterocycles. The summed E-state index contributed by atoms with van der Waals surface area (Å²) in [6, 6.07) is 11.1. The second-order valence-electron chi connectivity index (χ2n) is 4.41. The van der Waals surface area contributed by atoms with Crippen LogP contribution in [0.3, 0.4) is 0 Å². The maximum absolute atomic E-state index is 12.1. The lowest BCUT2D eigenvalue weighted by Gasteiger charge is -2.07. The number of hydrogen-bond acceptors (Lipinski definition) is 3. The summed E-state index contributed by atoms with van der Waals surface area (Å²) in [4.78, 5) is 2.14. The van der Waals surface area contributed by atoms with Gasteiger partial charge in [0.25, 0.3) is 10.0 Å². The normalized spacial score (nSPS) is 12.3. The van der Waals surface area contributed by atoms with Crippen LogP contribution >= 0.6 is 34.8 Å². The van der Waals surface area contributed by atoms with Gasteiger partial charge in [0, 0.05) is 0 Å². The molecule has 0 amide bonds. The van der Waals surface area contributed by atoms with Gasteiger partial charge in [-0.05, 0) is 31.2 Å². The first kappa shape index (κ1) is 17.1. The summed E-state index contributed by atoms with van der Waals surface area (Å²) in [5.74, 6) is 0. The highest BCUT2D eigenvalue weighted by Crippen LogP contribution is 2.26. The number of nitrogens with zero attached hydrogens (tertiary/aromatic N) is 1. The molecular weight excluding hydrogens is 367 g/mol. The topological polar surface area (TPSA) is 58.5 Å². The van der Waals surface area contributed by atoms with Crippen LogP contribution in [0.4, 0.5) is 0 Å². The van der Waals surface area contributed by atoms with Gasteiger partial charge >= 0.3 is 0 Å². The zero-order chi connectivity index (χ0) is 16.3. The SMILES string of the molecule is Cc1ccc(S(=O)(=O)N/N=C(\Cl)c2c(Cl)cccc2Cl)cc1. The van der Waals surface area contributed by atoms with Crippen molar-refractivity contribution in [2.24, 2.45) is 5.10 Å². The second kappa shape index (κ2) is 6.87. The molecule has 0 aliphatic rings. The van der Waals surface area contributed by atoms with Crippen LogP contribution < -0.4 is 4.83 Å². The summed E-state index contributed by atoms with van der Waals surface area (Å²) >= 11 is 18.0. The number of hydrazone groups is 1. The van der Waals surface area contributed by atoms with Crippen molar-refractivity contribution in [2.45, 2.75) is 11.8 Å². The quantitative estimate of drug-likeness (QED) is 0.642. The molecule has 0 heterocycles. The molecule has 0 aliphatic heterocycles. The average molecular weight is 378 g/mol. The fourth-order valence-corrected chi connectivity index (χ4v) is 3.40. The number of nitrogens with one attached hydrogen (secondary N) is 1. The van der Waals surface area contributed by atoms with Gasteiger partial charge in [-0.25, -0.2) is 0 Å². The van der Waals surface area contributed by atoms with Crippen LogP contribution in [-0.2, 0) is 10.0 Å². The molecule has 2 aromatic carbocycles. The lowest BCUT2D eigenvalue weighted by molar-refractivity contribution is 0.584. The Hall–Kier alpha value is -1.27. The Morgan fingerprint density at radius 2 is 1.59 bits per heavy atom. The van der Waals surface area contributed by atoms with E-state index in [1.165, 1.54) is 12.1 Å². The fraction of sp³-hybridized carbons (Fsp3) is 0.0714. The Labute approximate surface area is 143 Å². The highest BCUT2D eigenvalue weighted by Gasteiger charge is 2.15. The van der Waals surface area contributed by atoms with Gasteiger partial charge in [0.1, 0.15) is 0 Å². The first-order valence-corrected chi connectivity index (χ1v) is 8.69. The summed E-state index contributed by atoms with van der Waals surface area (Å²) in [6.07, 6.45) is 0. The predicted octanol–water partition coefficient (Wildman–Crippen LogP) is 4.18. The van der Waals surface area contributed by atoms with Gasteiger partial charge < -0.3 is 0 Å². The Morgan fingerprint density at radius 3 is 2.14 bits per heavy atom. The minimum absolute atomic E-state index is 0.0802. The fourth-order valence-electron chi connectivity index (χ4n) is 1.62. The lowest BCUT2D eigenvalue weighted by Crippen LogP contribution is -2.19. The van der Waals surface area contributed by atoms with E-state index < -0.39 is 10.0 Å². The van der Waals surface area contributed by atoms with Crippen LogP contribution in [0.15, 0.2) is 52.5 Å². The summed E-state index contributed by atoms with van der Waals surface area (Å²) in [7, 11) is -3.81. The van der Waals surface area contributed by atoms with E-state index in [4.69, 9.17) is 34.8 Å². The molecule has 22 heavy (non-hydrogen) atoms. The maximum atomic E-state index is 12.1. The molecule has 116 valence electrons. The summed E-state index contributed by atoms with van der Waals surface area (Å²) in [6.45, 7) is 1.86. The average Bonchev–Trinajstić information content (AvgIpc) is 2.45. The van der Waals surface area contributed by atoms with Crippen LogP contribution in [-0.4, -0.2) is 13.6 Å². The maximum Gasteiger partial charge on any atom is 0.276 e. The molecular formula is C14H11Cl3N2O2S. The molecule has 0 saturated carbocycles. The van der Waals surface area contributed by atoms with Crippen LogP contribution in [0.5, 0.6) is 0 Å². The van der Waals surface area contributed by atoms with E-state index in [1.807, 2.05) is 6.92 Å². The molecule has 1 N–H and O–H groups in total. The van der Waals surface area contributed by atoms with E-state index in [-0.39, 0.29) is 25.7 Å². The van der Waals surface area contributed by atoms with Crippen LogP contribution in [0, 0.1) is 6.92 Å². The second-order valence-corrected chi connectivity index (χ2v) is 7.24. The molecule has 0 saturated heterocycles. The molecule has 2 aromatic rings. The number of hydrogen-bond donors (Lipinski definition) is 1. The molecule has 0 bridgehead atoms. The van der Waals surface area contributed by atoms with Crippen molar-refractivity contribution in [2.75, 3.05) is 0 Å². The zero-order valence-corrected chi connectivity index (χ0v) is 14.4. The van der Waals surface area contributed by atoms with Gasteiger partial charge in [0.05, 0.1) is 20.5 Å². The highest BCUT2D eigenvalue weighted by molar-refractivity contribution is 7.89. The van der Waals surface area contributed by atoms with Crippen molar-refractivity contribution < 1.29 is 8.42 Å². The standard InChI is InChI=1S/C14H11Cl3N2O2S/c1-9-5-7-10(8-6-9)22(20,21)19-18-14(17)13-11(15)3-2-4-12(13)16/h2-8,19H,1H3/b18-14-. The van der Waals surface area contributed by atoms with E-state index in [1.54, 1.807) is 30.3 Å². The predicted molar refractivity (Wildman–Crippen MR) is 90.4 cm³/mol. The Morgan fingerprint density at radius 1 is 1.05 bits per heavy atom. The Kier molecular flexibility index (Phi) is 5.34. The van der Waals surface area contributed by atoms with E-state index in [0.717, 1.165) is 5.56 Å². The number of rotatable bonds is 4. The van der Waals surface area contributed by atoms with E-state index >= 15 is 0 Å². The molecule has 4 nitrogen and oxygen atoms in total. The monoisotopic (exact) mass is 376 g/mol. The zero-order valence-electron chi connectivity index (χ0n) is 11.3. The Bertz CT molecular complexity index is 798. The summed E-state index contributed by atoms with van der Waals surface area (Å²) < 4.78 is 24.2. The van der Waals surface area contributed by atoms with Crippen molar-refractivity contribution in [1.29, 1.82) is 0 Å². The molecule has 8 heteroatoms. The van der Waals surface area contributed by atoms with Gasteiger partial charge in [0.2, 0.25) is 0 Å². The number of aryl methyl sites for hydroxylation is 1. The smallest absolute Gasteiger partial charge is 0.200 e. The van der Waals surface area contributed by atoms with Gasteiger partial charge in [0.15, 0.2) is 5.17 Å². The van der Waals surface area contributed by atoms with Gasteiger partial charge in [-0.3, -0.25) is 0 Å². The largest absolute Gasteiger partial charge is 0.276 e. The minimum Gasteiger partial charge on any atom is -0.200 e. The number of sulfonamides is 1. The van der Waals surface area contributed by atoms with Crippen molar-refractivity contribution in [3.63, 3.8) is 0 Å². The van der Waals surface area contributed by atoms with Crippen molar-refractivity contribution in [3.05, 3.63) is 63.6 Å². The summed E-state index contributed by atoms with van der Waals surface area (Å²) in [5, 5.41) is 4.06. The molecule has 0 unspecified atom stereocenters. The van der Waals surface area contributed by atoms with Crippen molar-refractivity contribution >= 4 is 50.0 Å². The van der Waals surface area contributed by atoms with Gasteiger partial charge in [-0.2, -0.15) is 18.4 Å². The van der Waals surface area contributed by atoms with Crippen molar-refractivity contribution in [3.8, 4) is 0 Å². The third-order valence-electron chi connectivity index (χ3n) is 2.76. The first-order valence-electron chi connectivity index (χ1n) is 6.07. The number of halogens is 3. The van der Waals surface area contributed by atoms with Crippen LogP contribution in [0.25, 0.3) is 0 Å². The molecule has 0 aliphatic carbocycles. The van der Waals surface area contributed by atoms with Gasteiger partial charge in [-0.15, -0.1) is 0 Å². The lowest BCUT2D eigenvalue weighted by atomic mass is 10.2. The van der Waals surface area contributed by atoms with E-state index in [9.17, 15) is 8.42 Å². The molecule has 0 spiro atoms. The number of benzene rings is 2. The molecule has 0 atom stereocenters. The third kappa shape index (κ3) is 3.93. The van der Waals surface area contributed by atoms with Crippen molar-refractivity contribution in [1.82, 2.24) is 4.83 Å². The Balaban J connectivity index is 2.29. The third-order valence-corrected chi connectivity index (χ3v) is 4.89. The molecule has 2 rings (SSSR count). The van der Waals surface area contributed by atoms with Crippen LogP contribution in [0.1, 0.15) is 11.1 Å². The molecule has 0 fully saturated rings. The van der Waals surface area contributed by atoms with Crippen LogP contribution in [0.2, 0.25) is 10.0 Å². The first-order chi connectivity index (χ1) is 10.3. The van der Waals surface area contributed by atoms with E-state index in [0.29, 0.717) is 0 Å². The highest BCUT2D eigenvalue weighted by atomic mass is 35.5. The van der Waals surface area contributed by atoms with E-state index in [2.05, 4.69) is 9.93 Å². The van der Waals surface area contributed by atoms with Gasteiger partial charge in [-0.1, -0.05) is 58.6 Å². The minimum atomic E-state index is -3.81. The summed E-state index contributed by atoms with van der Waals surface area (Å²) in [5.41, 5.74) is 1.21. The molecule has 0 radical (unpaired) electrons.